The number of cyclic esters (lactones) is 1. The van der Waals surface area contributed by atoms with Crippen molar-refractivity contribution < 1.29 is 28.7 Å². The van der Waals surface area contributed by atoms with Crippen LogP contribution in [-0.4, -0.2) is 47.9 Å². The zero-order valence-corrected chi connectivity index (χ0v) is 12.1. The molecule has 1 aromatic carbocycles. The van der Waals surface area contributed by atoms with Crippen molar-refractivity contribution in [3.63, 3.8) is 0 Å². The molecule has 0 aliphatic carbocycles. The van der Waals surface area contributed by atoms with Gasteiger partial charge in [-0.25, -0.2) is 9.59 Å². The van der Waals surface area contributed by atoms with Crippen LogP contribution in [0.15, 0.2) is 30.9 Å². The van der Waals surface area contributed by atoms with Gasteiger partial charge in [0.2, 0.25) is 6.10 Å². The summed E-state index contributed by atoms with van der Waals surface area (Å²) in [5, 5.41) is 0. The van der Waals surface area contributed by atoms with Crippen LogP contribution in [0.1, 0.15) is 37.5 Å². The van der Waals surface area contributed by atoms with E-state index in [1.54, 1.807) is 0 Å². The van der Waals surface area contributed by atoms with Gasteiger partial charge in [0.05, 0.1) is 23.3 Å². The van der Waals surface area contributed by atoms with E-state index in [-0.39, 0.29) is 29.8 Å². The molecule has 0 saturated carbocycles. The number of esters is 2. The first kappa shape index (κ1) is 15.0. The van der Waals surface area contributed by atoms with Crippen molar-refractivity contribution in [1.29, 1.82) is 0 Å². The Morgan fingerprint density at radius 1 is 1.30 bits per heavy atom. The number of imide groups is 1. The molecule has 118 valence electrons. The van der Waals surface area contributed by atoms with Gasteiger partial charge in [0.1, 0.15) is 0 Å². The molecule has 2 amide bonds. The normalized spacial score (nSPS) is 19.6. The lowest BCUT2D eigenvalue weighted by Gasteiger charge is -2.09. The largest absolute Gasteiger partial charge is 0.463 e. The SMILES string of the molecule is C=CCN1C(=O)c2ccc(C(=O)O[C@@H]3CCOC3=O)cc2C1=O. The summed E-state index contributed by atoms with van der Waals surface area (Å²) < 4.78 is 9.78. The molecule has 23 heavy (non-hydrogen) atoms. The Balaban J connectivity index is 1.83. The predicted octanol–water partition coefficient (Wildman–Crippen LogP) is 0.941. The van der Waals surface area contributed by atoms with Crippen molar-refractivity contribution in [2.45, 2.75) is 12.5 Å². The second kappa shape index (κ2) is 5.68. The highest BCUT2D eigenvalue weighted by molar-refractivity contribution is 6.22. The number of carbonyl (C=O) groups excluding carboxylic acids is 4. The second-order valence-corrected chi connectivity index (χ2v) is 5.12. The number of nitrogens with zero attached hydrogens (tertiary/aromatic N) is 1. The number of ether oxygens (including phenoxy) is 2. The van der Waals surface area contributed by atoms with E-state index in [0.29, 0.717) is 6.42 Å². The number of carbonyl (C=O) groups is 4. The smallest absolute Gasteiger partial charge is 0.347 e. The summed E-state index contributed by atoms with van der Waals surface area (Å²) in [6.07, 6.45) is 0.827. The first-order chi connectivity index (χ1) is 11.0. The molecule has 0 N–H and O–H groups in total. The van der Waals surface area contributed by atoms with Gasteiger partial charge in [0, 0.05) is 13.0 Å². The minimum Gasteiger partial charge on any atom is -0.463 e. The lowest BCUT2D eigenvalue weighted by Crippen LogP contribution is -2.29. The monoisotopic (exact) mass is 315 g/mol. The molecule has 0 aromatic heterocycles. The highest BCUT2D eigenvalue weighted by Gasteiger charge is 2.36. The Morgan fingerprint density at radius 3 is 2.70 bits per heavy atom. The number of amides is 2. The van der Waals surface area contributed by atoms with E-state index in [4.69, 9.17) is 9.47 Å². The Labute approximate surface area is 131 Å². The van der Waals surface area contributed by atoms with E-state index >= 15 is 0 Å². The number of benzene rings is 1. The highest BCUT2D eigenvalue weighted by Crippen LogP contribution is 2.24. The maximum absolute atomic E-state index is 12.2. The van der Waals surface area contributed by atoms with Crippen LogP contribution < -0.4 is 0 Å². The molecule has 7 heteroatoms. The van der Waals surface area contributed by atoms with Crippen LogP contribution in [0.3, 0.4) is 0 Å². The Bertz CT molecular complexity index is 738. The molecule has 2 heterocycles. The average molecular weight is 315 g/mol. The standard InChI is InChI=1S/C16H13NO6/c1-2-6-17-13(18)10-4-3-9(8-11(10)14(17)19)15(20)23-12-5-7-22-16(12)21/h2-4,8,12H,1,5-7H2/t12-/m1/s1. The zero-order valence-electron chi connectivity index (χ0n) is 12.1. The maximum Gasteiger partial charge on any atom is 0.347 e. The van der Waals surface area contributed by atoms with E-state index in [0.717, 1.165) is 4.90 Å². The summed E-state index contributed by atoms with van der Waals surface area (Å²) in [6.45, 7) is 3.81. The molecular formula is C16H13NO6. The van der Waals surface area contributed by atoms with E-state index in [1.807, 2.05) is 0 Å². The third-order valence-electron chi connectivity index (χ3n) is 3.65. The molecule has 0 radical (unpaired) electrons. The summed E-state index contributed by atoms with van der Waals surface area (Å²) >= 11 is 0. The topological polar surface area (TPSA) is 90.0 Å². The lowest BCUT2D eigenvalue weighted by atomic mass is 10.1. The highest BCUT2D eigenvalue weighted by atomic mass is 16.6. The van der Waals surface area contributed by atoms with Crippen molar-refractivity contribution in [3.8, 4) is 0 Å². The first-order valence-electron chi connectivity index (χ1n) is 7.01. The Kier molecular flexibility index (Phi) is 3.69. The van der Waals surface area contributed by atoms with Gasteiger partial charge in [-0.05, 0) is 18.2 Å². The maximum atomic E-state index is 12.2. The Hall–Kier alpha value is -2.96. The fourth-order valence-electron chi connectivity index (χ4n) is 2.49. The lowest BCUT2D eigenvalue weighted by molar-refractivity contribution is -0.145. The van der Waals surface area contributed by atoms with Crippen LogP contribution in [0.5, 0.6) is 0 Å². The first-order valence-corrected chi connectivity index (χ1v) is 7.01. The van der Waals surface area contributed by atoms with Gasteiger partial charge in [0.15, 0.2) is 0 Å². The van der Waals surface area contributed by atoms with Gasteiger partial charge in [-0.3, -0.25) is 14.5 Å². The van der Waals surface area contributed by atoms with Crippen molar-refractivity contribution in [2.24, 2.45) is 0 Å². The van der Waals surface area contributed by atoms with E-state index < -0.39 is 29.9 Å². The molecule has 0 unspecified atom stereocenters. The van der Waals surface area contributed by atoms with Gasteiger partial charge in [-0.2, -0.15) is 0 Å². The van der Waals surface area contributed by atoms with Crippen molar-refractivity contribution in [3.05, 3.63) is 47.5 Å². The third kappa shape index (κ3) is 2.50. The Morgan fingerprint density at radius 2 is 2.04 bits per heavy atom. The van der Waals surface area contributed by atoms with Gasteiger partial charge in [-0.1, -0.05) is 6.08 Å². The minimum atomic E-state index is -0.926. The molecule has 0 spiro atoms. The summed E-state index contributed by atoms with van der Waals surface area (Å²) in [5.41, 5.74) is 0.471. The molecule has 1 fully saturated rings. The van der Waals surface area contributed by atoms with Crippen molar-refractivity contribution in [1.82, 2.24) is 4.90 Å². The molecular weight excluding hydrogens is 302 g/mol. The summed E-state index contributed by atoms with van der Waals surface area (Å²) in [4.78, 5) is 48.7. The molecule has 7 nitrogen and oxygen atoms in total. The quantitative estimate of drug-likeness (QED) is 0.467. The molecule has 0 bridgehead atoms. The molecule has 3 rings (SSSR count). The van der Waals surface area contributed by atoms with E-state index in [9.17, 15) is 19.2 Å². The summed E-state index contributed by atoms with van der Waals surface area (Å²) in [6, 6.07) is 4.10. The number of hydrogen-bond donors (Lipinski definition) is 0. The third-order valence-corrected chi connectivity index (χ3v) is 3.65. The molecule has 2 aliphatic rings. The molecule has 2 aliphatic heterocycles. The van der Waals surface area contributed by atoms with Crippen molar-refractivity contribution >= 4 is 23.8 Å². The van der Waals surface area contributed by atoms with Crippen molar-refractivity contribution in [2.75, 3.05) is 13.2 Å². The van der Waals surface area contributed by atoms with Crippen LogP contribution in [0, 0.1) is 0 Å². The van der Waals surface area contributed by atoms with Gasteiger partial charge < -0.3 is 9.47 Å². The van der Waals surface area contributed by atoms with Gasteiger partial charge >= 0.3 is 11.9 Å². The van der Waals surface area contributed by atoms with Crippen LogP contribution in [0.2, 0.25) is 0 Å². The van der Waals surface area contributed by atoms with Crippen LogP contribution in [0.25, 0.3) is 0 Å². The average Bonchev–Trinajstić information content (AvgIpc) is 3.04. The van der Waals surface area contributed by atoms with Gasteiger partial charge in [0.25, 0.3) is 11.8 Å². The van der Waals surface area contributed by atoms with Crippen LogP contribution >= 0.6 is 0 Å². The molecule has 1 atom stereocenters. The fourth-order valence-corrected chi connectivity index (χ4v) is 2.49. The minimum absolute atomic E-state index is 0.0973. The number of rotatable bonds is 4. The number of fused-ring (bicyclic) bond motifs is 1. The fraction of sp³-hybridized carbons (Fsp3) is 0.250. The predicted molar refractivity (Wildman–Crippen MR) is 76.8 cm³/mol. The summed E-state index contributed by atoms with van der Waals surface area (Å²) in [7, 11) is 0. The summed E-state index contributed by atoms with van der Waals surface area (Å²) in [5.74, 6) is -2.23. The van der Waals surface area contributed by atoms with E-state index in [2.05, 4.69) is 6.58 Å². The van der Waals surface area contributed by atoms with Crippen LogP contribution in [-0.2, 0) is 14.3 Å². The molecule has 1 aromatic rings. The second-order valence-electron chi connectivity index (χ2n) is 5.12. The molecule has 1 saturated heterocycles. The zero-order chi connectivity index (χ0) is 16.6. The van der Waals surface area contributed by atoms with E-state index in [1.165, 1.54) is 24.3 Å². The van der Waals surface area contributed by atoms with Gasteiger partial charge in [-0.15, -0.1) is 6.58 Å². The number of hydrogen-bond acceptors (Lipinski definition) is 6. The van der Waals surface area contributed by atoms with Crippen LogP contribution in [0.4, 0.5) is 0 Å².